The Morgan fingerprint density at radius 2 is 2.07 bits per heavy atom. The summed E-state index contributed by atoms with van der Waals surface area (Å²) in [5.41, 5.74) is 2.87. The van der Waals surface area contributed by atoms with Gasteiger partial charge in [-0.3, -0.25) is 14.6 Å². The number of hydrogen-bond donors (Lipinski definition) is 1. The van der Waals surface area contributed by atoms with Crippen molar-refractivity contribution >= 4 is 11.7 Å². The zero-order chi connectivity index (χ0) is 11.9. The Morgan fingerprint density at radius 1 is 1.53 bits per heavy atom. The summed E-state index contributed by atoms with van der Waals surface area (Å²) in [6, 6.07) is 0. The fourth-order valence-electron chi connectivity index (χ4n) is 1.58. The largest absolute Gasteiger partial charge is 0.298 e. The lowest BCUT2D eigenvalue weighted by Crippen LogP contribution is -2.52. The van der Waals surface area contributed by atoms with Gasteiger partial charge in [-0.25, -0.2) is 5.43 Å². The molecule has 86 valence electrons. The first-order valence-corrected chi connectivity index (χ1v) is 5.23. The zero-order valence-corrected chi connectivity index (χ0v) is 10.2. The van der Waals surface area contributed by atoms with E-state index < -0.39 is 0 Å². The molecule has 0 aromatic carbocycles. The fraction of sp³-hybridized carbons (Fsp3) is 0.818. The van der Waals surface area contributed by atoms with E-state index in [0.29, 0.717) is 6.42 Å². The van der Waals surface area contributed by atoms with Crippen molar-refractivity contribution < 1.29 is 9.59 Å². The summed E-state index contributed by atoms with van der Waals surface area (Å²) in [5, 5.41) is 1.44. The van der Waals surface area contributed by atoms with Crippen LogP contribution in [0.15, 0.2) is 0 Å². The van der Waals surface area contributed by atoms with Gasteiger partial charge < -0.3 is 0 Å². The SMILES string of the molecule is CC(=O)CN1NC(C)(C(C)(C)C)CC1=O. The van der Waals surface area contributed by atoms with Crippen LogP contribution >= 0.6 is 0 Å². The van der Waals surface area contributed by atoms with Gasteiger partial charge in [0.15, 0.2) is 5.78 Å². The number of Topliss-reactive ketones (excluding diaryl/α,β-unsaturated/α-hetero) is 1. The van der Waals surface area contributed by atoms with Crippen molar-refractivity contribution in [2.24, 2.45) is 5.41 Å². The minimum absolute atomic E-state index is 0.00243. The summed E-state index contributed by atoms with van der Waals surface area (Å²) >= 11 is 0. The first-order valence-electron chi connectivity index (χ1n) is 5.23. The Bertz CT molecular complexity index is 293. The third kappa shape index (κ3) is 2.37. The van der Waals surface area contributed by atoms with Gasteiger partial charge >= 0.3 is 0 Å². The van der Waals surface area contributed by atoms with Crippen LogP contribution in [-0.4, -0.2) is 28.8 Å². The number of amides is 1. The molecule has 0 spiro atoms. The van der Waals surface area contributed by atoms with Gasteiger partial charge in [-0.2, -0.15) is 0 Å². The molecule has 1 rings (SSSR count). The van der Waals surface area contributed by atoms with Gasteiger partial charge in [-0.15, -0.1) is 0 Å². The summed E-state index contributed by atoms with van der Waals surface area (Å²) in [6.07, 6.45) is 0.448. The van der Waals surface area contributed by atoms with E-state index in [0.717, 1.165) is 0 Å². The van der Waals surface area contributed by atoms with E-state index in [4.69, 9.17) is 0 Å². The third-order valence-corrected chi connectivity index (χ3v) is 3.22. The Labute approximate surface area is 91.0 Å². The second kappa shape index (κ2) is 3.59. The lowest BCUT2D eigenvalue weighted by Gasteiger charge is -2.38. The molecule has 1 aliphatic rings. The predicted molar refractivity (Wildman–Crippen MR) is 58.0 cm³/mol. The fourth-order valence-corrected chi connectivity index (χ4v) is 1.58. The van der Waals surface area contributed by atoms with E-state index in [1.807, 2.05) is 6.92 Å². The highest BCUT2D eigenvalue weighted by atomic mass is 16.2. The molecule has 4 nitrogen and oxygen atoms in total. The summed E-state index contributed by atoms with van der Waals surface area (Å²) in [4.78, 5) is 22.7. The van der Waals surface area contributed by atoms with Crippen molar-refractivity contribution in [1.82, 2.24) is 10.4 Å². The number of carbonyl (C=O) groups excluding carboxylic acids is 2. The lowest BCUT2D eigenvalue weighted by molar-refractivity contribution is -0.133. The topological polar surface area (TPSA) is 49.4 Å². The summed E-state index contributed by atoms with van der Waals surface area (Å²) in [5.74, 6) is -0.00312. The van der Waals surface area contributed by atoms with Gasteiger partial charge in [0.25, 0.3) is 0 Å². The van der Waals surface area contributed by atoms with Crippen LogP contribution in [0.2, 0.25) is 0 Å². The van der Waals surface area contributed by atoms with Crippen molar-refractivity contribution in [2.75, 3.05) is 6.54 Å². The van der Waals surface area contributed by atoms with Crippen LogP contribution in [0.5, 0.6) is 0 Å². The normalized spacial score (nSPS) is 27.3. The van der Waals surface area contributed by atoms with Crippen molar-refractivity contribution in [2.45, 2.75) is 46.6 Å². The molecule has 4 heteroatoms. The van der Waals surface area contributed by atoms with Crippen LogP contribution in [0.4, 0.5) is 0 Å². The maximum absolute atomic E-state index is 11.7. The maximum atomic E-state index is 11.7. The molecule has 1 amide bonds. The first-order chi connectivity index (χ1) is 6.66. The number of nitrogens with zero attached hydrogens (tertiary/aromatic N) is 1. The smallest absolute Gasteiger partial charge is 0.239 e. The van der Waals surface area contributed by atoms with Crippen molar-refractivity contribution in [1.29, 1.82) is 0 Å². The summed E-state index contributed by atoms with van der Waals surface area (Å²) in [6.45, 7) is 9.93. The van der Waals surface area contributed by atoms with Crippen LogP contribution in [0.3, 0.4) is 0 Å². The highest BCUT2D eigenvalue weighted by Gasteiger charge is 2.46. The second-order valence-corrected chi connectivity index (χ2v) is 5.55. The van der Waals surface area contributed by atoms with Crippen molar-refractivity contribution in [3.8, 4) is 0 Å². The van der Waals surface area contributed by atoms with Gasteiger partial charge in [0.2, 0.25) is 5.91 Å². The van der Waals surface area contributed by atoms with Gasteiger partial charge in [0.05, 0.1) is 6.54 Å². The molecule has 1 N–H and O–H groups in total. The highest BCUT2D eigenvalue weighted by Crippen LogP contribution is 2.36. The van der Waals surface area contributed by atoms with Gasteiger partial charge in [-0.1, -0.05) is 20.8 Å². The Balaban J connectivity index is 2.79. The van der Waals surface area contributed by atoms with Crippen LogP contribution in [-0.2, 0) is 9.59 Å². The molecule has 0 radical (unpaired) electrons. The molecule has 1 saturated heterocycles. The second-order valence-electron chi connectivity index (χ2n) is 5.55. The van der Waals surface area contributed by atoms with E-state index in [9.17, 15) is 9.59 Å². The monoisotopic (exact) mass is 212 g/mol. The van der Waals surface area contributed by atoms with Gasteiger partial charge in [0.1, 0.15) is 0 Å². The Kier molecular flexibility index (Phi) is 2.92. The maximum Gasteiger partial charge on any atom is 0.239 e. The molecular formula is C11H20N2O2. The van der Waals surface area contributed by atoms with Crippen LogP contribution in [0.25, 0.3) is 0 Å². The molecule has 1 atom stereocenters. The molecule has 1 heterocycles. The molecular weight excluding hydrogens is 192 g/mol. The molecule has 0 aromatic rings. The molecule has 0 aliphatic carbocycles. The number of rotatable bonds is 2. The van der Waals surface area contributed by atoms with E-state index in [1.165, 1.54) is 11.9 Å². The number of nitrogens with one attached hydrogen (secondary N) is 1. The number of carbonyl (C=O) groups is 2. The molecule has 1 unspecified atom stereocenters. The molecule has 1 fully saturated rings. The van der Waals surface area contributed by atoms with E-state index >= 15 is 0 Å². The molecule has 0 aromatic heterocycles. The van der Waals surface area contributed by atoms with E-state index in [2.05, 4.69) is 26.2 Å². The van der Waals surface area contributed by atoms with Crippen LogP contribution in [0, 0.1) is 5.41 Å². The molecule has 1 aliphatic heterocycles. The Morgan fingerprint density at radius 3 is 2.40 bits per heavy atom. The number of ketones is 1. The Hall–Kier alpha value is -0.900. The molecule has 15 heavy (non-hydrogen) atoms. The number of hydrazine groups is 1. The quantitative estimate of drug-likeness (QED) is 0.746. The summed E-state index contributed by atoms with van der Waals surface area (Å²) in [7, 11) is 0. The minimum Gasteiger partial charge on any atom is -0.298 e. The van der Waals surface area contributed by atoms with E-state index in [1.54, 1.807) is 0 Å². The van der Waals surface area contributed by atoms with Gasteiger partial charge in [0, 0.05) is 12.0 Å². The summed E-state index contributed by atoms with van der Waals surface area (Å²) < 4.78 is 0. The van der Waals surface area contributed by atoms with Crippen LogP contribution in [0.1, 0.15) is 41.0 Å². The third-order valence-electron chi connectivity index (χ3n) is 3.22. The van der Waals surface area contributed by atoms with Gasteiger partial charge in [-0.05, 0) is 19.3 Å². The number of hydrogen-bond acceptors (Lipinski definition) is 3. The standard InChI is InChI=1S/C11H20N2O2/c1-8(14)7-13-9(15)6-11(5,12-13)10(2,3)4/h12H,6-7H2,1-5H3. The highest BCUT2D eigenvalue weighted by molar-refractivity contribution is 5.86. The minimum atomic E-state index is -0.264. The lowest BCUT2D eigenvalue weighted by atomic mass is 9.74. The predicted octanol–water partition coefficient (Wildman–Crippen LogP) is 1.12. The zero-order valence-electron chi connectivity index (χ0n) is 10.2. The average molecular weight is 212 g/mol. The van der Waals surface area contributed by atoms with Crippen molar-refractivity contribution in [3.63, 3.8) is 0 Å². The van der Waals surface area contributed by atoms with Crippen LogP contribution < -0.4 is 5.43 Å². The van der Waals surface area contributed by atoms with Crippen molar-refractivity contribution in [3.05, 3.63) is 0 Å². The molecule has 0 saturated carbocycles. The average Bonchev–Trinajstić information content (AvgIpc) is 2.25. The first kappa shape index (κ1) is 12.2. The van der Waals surface area contributed by atoms with E-state index in [-0.39, 0.29) is 29.2 Å². The molecule has 0 bridgehead atoms.